The molecule has 0 unspecified atom stereocenters. The Kier molecular flexibility index (Phi) is 3.24. The van der Waals surface area contributed by atoms with Gasteiger partial charge >= 0.3 is 0 Å². The van der Waals surface area contributed by atoms with Crippen molar-refractivity contribution in [2.24, 2.45) is 0 Å². The van der Waals surface area contributed by atoms with E-state index in [9.17, 15) is 8.78 Å². The molecule has 0 fully saturated rings. The summed E-state index contributed by atoms with van der Waals surface area (Å²) >= 11 is 0. The second kappa shape index (κ2) is 4.84. The summed E-state index contributed by atoms with van der Waals surface area (Å²) in [4.78, 5) is 0. The summed E-state index contributed by atoms with van der Waals surface area (Å²) in [6.45, 7) is 0. The zero-order valence-corrected chi connectivity index (χ0v) is 9.58. The SMILES string of the molecule is COc1ccc(-c2c(F)cccc2C#N)c(F)c1. The third-order valence-electron chi connectivity index (χ3n) is 2.58. The molecule has 0 heterocycles. The summed E-state index contributed by atoms with van der Waals surface area (Å²) < 4.78 is 32.5. The predicted molar refractivity (Wildman–Crippen MR) is 63.1 cm³/mol. The molecule has 2 aromatic carbocycles. The Labute approximate surface area is 103 Å². The van der Waals surface area contributed by atoms with Gasteiger partial charge in [-0.1, -0.05) is 6.07 Å². The largest absolute Gasteiger partial charge is 0.497 e. The lowest BCUT2D eigenvalue weighted by atomic mass is 9.99. The lowest BCUT2D eigenvalue weighted by molar-refractivity contribution is 0.411. The average Bonchev–Trinajstić information content (AvgIpc) is 2.39. The van der Waals surface area contributed by atoms with Gasteiger partial charge < -0.3 is 4.74 Å². The lowest BCUT2D eigenvalue weighted by Crippen LogP contribution is -1.93. The number of hydrogen-bond donors (Lipinski definition) is 0. The van der Waals surface area contributed by atoms with Crippen LogP contribution in [0.2, 0.25) is 0 Å². The molecule has 0 aromatic heterocycles. The van der Waals surface area contributed by atoms with Gasteiger partial charge in [0.2, 0.25) is 0 Å². The molecule has 0 amide bonds. The molecule has 0 radical (unpaired) electrons. The van der Waals surface area contributed by atoms with E-state index in [1.54, 1.807) is 0 Å². The fraction of sp³-hybridized carbons (Fsp3) is 0.0714. The van der Waals surface area contributed by atoms with E-state index in [0.29, 0.717) is 5.75 Å². The Morgan fingerprint density at radius 2 is 1.89 bits per heavy atom. The van der Waals surface area contributed by atoms with Crippen LogP contribution < -0.4 is 4.74 Å². The highest BCUT2D eigenvalue weighted by Crippen LogP contribution is 2.30. The van der Waals surface area contributed by atoms with Crippen molar-refractivity contribution < 1.29 is 13.5 Å². The van der Waals surface area contributed by atoms with Crippen LogP contribution >= 0.6 is 0 Å². The van der Waals surface area contributed by atoms with Crippen molar-refractivity contribution >= 4 is 0 Å². The summed E-state index contributed by atoms with van der Waals surface area (Å²) in [5.74, 6) is -0.917. The van der Waals surface area contributed by atoms with E-state index in [1.165, 1.54) is 37.4 Å². The first-order valence-electron chi connectivity index (χ1n) is 5.20. The number of benzene rings is 2. The summed E-state index contributed by atoms with van der Waals surface area (Å²) in [6.07, 6.45) is 0. The molecule has 2 rings (SSSR count). The number of nitrogens with zero attached hydrogens (tertiary/aromatic N) is 1. The van der Waals surface area contributed by atoms with Gasteiger partial charge in [-0.25, -0.2) is 8.78 Å². The first kappa shape index (κ1) is 12.1. The number of rotatable bonds is 2. The highest BCUT2D eigenvalue weighted by molar-refractivity contribution is 5.72. The van der Waals surface area contributed by atoms with Crippen LogP contribution in [0.4, 0.5) is 8.78 Å². The van der Waals surface area contributed by atoms with Crippen LogP contribution in [0.1, 0.15) is 5.56 Å². The third kappa shape index (κ3) is 2.03. The standard InChI is InChI=1S/C14H9F2NO/c1-18-10-5-6-11(13(16)7-10)14-9(8-17)3-2-4-12(14)15/h2-7H,1H3. The maximum atomic E-state index is 13.9. The molecule has 2 aromatic rings. The molecule has 0 bridgehead atoms. The summed E-state index contributed by atoms with van der Waals surface area (Å²) in [5, 5.41) is 8.93. The van der Waals surface area contributed by atoms with Crippen LogP contribution in [0.25, 0.3) is 11.1 Å². The molecule has 0 atom stereocenters. The van der Waals surface area contributed by atoms with Gasteiger partial charge in [0.1, 0.15) is 17.4 Å². The van der Waals surface area contributed by atoms with Gasteiger partial charge in [-0.05, 0) is 24.3 Å². The quantitative estimate of drug-likeness (QED) is 0.811. The molecule has 0 spiro atoms. The normalized spacial score (nSPS) is 9.89. The van der Waals surface area contributed by atoms with E-state index >= 15 is 0 Å². The molecule has 0 N–H and O–H groups in total. The monoisotopic (exact) mass is 245 g/mol. The van der Waals surface area contributed by atoms with Gasteiger partial charge in [-0.3, -0.25) is 0 Å². The number of halogens is 2. The van der Waals surface area contributed by atoms with E-state index in [-0.39, 0.29) is 16.7 Å². The Bertz CT molecular complexity index is 632. The number of nitriles is 1. The molecular formula is C14H9F2NO. The highest BCUT2D eigenvalue weighted by Gasteiger charge is 2.15. The van der Waals surface area contributed by atoms with Gasteiger partial charge in [0.05, 0.1) is 18.7 Å². The minimum absolute atomic E-state index is 0.0276. The first-order chi connectivity index (χ1) is 8.67. The van der Waals surface area contributed by atoms with Crippen LogP contribution in [0, 0.1) is 23.0 Å². The topological polar surface area (TPSA) is 33.0 Å². The number of ether oxygens (including phenoxy) is 1. The van der Waals surface area contributed by atoms with Crippen LogP contribution in [0.5, 0.6) is 5.75 Å². The maximum absolute atomic E-state index is 13.9. The van der Waals surface area contributed by atoms with Crippen LogP contribution in [-0.2, 0) is 0 Å². The van der Waals surface area contributed by atoms with Crippen molar-refractivity contribution in [2.45, 2.75) is 0 Å². The fourth-order valence-electron chi connectivity index (χ4n) is 1.72. The van der Waals surface area contributed by atoms with Crippen molar-refractivity contribution in [1.29, 1.82) is 5.26 Å². The second-order valence-corrected chi connectivity index (χ2v) is 3.62. The molecule has 0 aliphatic rings. The van der Waals surface area contributed by atoms with Crippen LogP contribution in [0.3, 0.4) is 0 Å². The second-order valence-electron chi connectivity index (χ2n) is 3.62. The van der Waals surface area contributed by atoms with E-state index in [2.05, 4.69) is 0 Å². The molecular weight excluding hydrogens is 236 g/mol. The molecule has 18 heavy (non-hydrogen) atoms. The molecule has 90 valence electrons. The molecule has 0 saturated heterocycles. The minimum atomic E-state index is -0.629. The van der Waals surface area contributed by atoms with Crippen LogP contribution in [-0.4, -0.2) is 7.11 Å². The van der Waals surface area contributed by atoms with Crippen molar-refractivity contribution in [3.63, 3.8) is 0 Å². The van der Waals surface area contributed by atoms with Crippen molar-refractivity contribution in [1.82, 2.24) is 0 Å². The minimum Gasteiger partial charge on any atom is -0.497 e. The first-order valence-corrected chi connectivity index (χ1v) is 5.20. The summed E-state index contributed by atoms with van der Waals surface area (Å²) in [7, 11) is 1.41. The van der Waals surface area contributed by atoms with Gasteiger partial charge in [-0.2, -0.15) is 5.26 Å². The zero-order valence-electron chi connectivity index (χ0n) is 9.58. The third-order valence-corrected chi connectivity index (χ3v) is 2.58. The van der Waals surface area contributed by atoms with Crippen molar-refractivity contribution in [3.8, 4) is 22.9 Å². The number of methoxy groups -OCH3 is 1. The average molecular weight is 245 g/mol. The summed E-state index contributed by atoms with van der Waals surface area (Å²) in [5.41, 5.74) is 0.115. The van der Waals surface area contributed by atoms with E-state index in [0.717, 1.165) is 6.07 Å². The highest BCUT2D eigenvalue weighted by atomic mass is 19.1. The van der Waals surface area contributed by atoms with Gasteiger partial charge in [0.15, 0.2) is 0 Å². The molecule has 0 aliphatic heterocycles. The number of hydrogen-bond acceptors (Lipinski definition) is 2. The fourth-order valence-corrected chi connectivity index (χ4v) is 1.72. The van der Waals surface area contributed by atoms with Crippen molar-refractivity contribution in [3.05, 3.63) is 53.6 Å². The lowest BCUT2D eigenvalue weighted by Gasteiger charge is -2.08. The smallest absolute Gasteiger partial charge is 0.134 e. The van der Waals surface area contributed by atoms with Gasteiger partial charge in [0.25, 0.3) is 0 Å². The maximum Gasteiger partial charge on any atom is 0.134 e. The molecule has 0 aliphatic carbocycles. The van der Waals surface area contributed by atoms with Gasteiger partial charge in [0, 0.05) is 17.2 Å². The van der Waals surface area contributed by atoms with Crippen molar-refractivity contribution in [2.75, 3.05) is 7.11 Å². The Morgan fingerprint density at radius 1 is 1.11 bits per heavy atom. The predicted octanol–water partition coefficient (Wildman–Crippen LogP) is 3.51. The van der Waals surface area contributed by atoms with Gasteiger partial charge in [-0.15, -0.1) is 0 Å². The molecule has 0 saturated carbocycles. The van der Waals surface area contributed by atoms with E-state index in [4.69, 9.17) is 10.00 Å². The van der Waals surface area contributed by atoms with Crippen LogP contribution in [0.15, 0.2) is 36.4 Å². The Balaban J connectivity index is 2.66. The molecule has 4 heteroatoms. The summed E-state index contributed by atoms with van der Waals surface area (Å²) in [6, 6.07) is 9.98. The Morgan fingerprint density at radius 3 is 2.50 bits per heavy atom. The molecule has 2 nitrogen and oxygen atoms in total. The van der Waals surface area contributed by atoms with E-state index < -0.39 is 11.6 Å². The van der Waals surface area contributed by atoms with E-state index in [1.807, 2.05) is 6.07 Å². The Hall–Kier alpha value is -2.41. The zero-order chi connectivity index (χ0) is 13.1.